The highest BCUT2D eigenvalue weighted by Crippen LogP contribution is 2.26. The molecule has 0 aromatic carbocycles. The van der Waals surface area contributed by atoms with Gasteiger partial charge in [-0.2, -0.15) is 5.10 Å². The lowest BCUT2D eigenvalue weighted by molar-refractivity contribution is 0.102. The number of carbonyl (C=O) groups excluding carboxylic acids is 1. The second-order valence-electron chi connectivity index (χ2n) is 6.73. The summed E-state index contributed by atoms with van der Waals surface area (Å²) in [6.07, 6.45) is 6.13. The maximum absolute atomic E-state index is 12.7. The quantitative estimate of drug-likeness (QED) is 0.446. The molecule has 0 radical (unpaired) electrons. The minimum absolute atomic E-state index is 0.314. The van der Waals surface area contributed by atoms with E-state index in [1.54, 1.807) is 18.3 Å². The van der Waals surface area contributed by atoms with Crippen LogP contribution in [-0.4, -0.2) is 60.3 Å². The molecule has 9 heteroatoms. The number of fused-ring (bicyclic) bond motifs is 1. The Morgan fingerprint density at radius 2 is 2.21 bits per heavy atom. The van der Waals surface area contributed by atoms with E-state index < -0.39 is 0 Å². The number of anilines is 1. The minimum atomic E-state index is -0.315. The van der Waals surface area contributed by atoms with Crippen LogP contribution in [0.4, 0.5) is 5.69 Å². The van der Waals surface area contributed by atoms with Crippen LogP contribution in [0.1, 0.15) is 34.6 Å². The van der Waals surface area contributed by atoms with Gasteiger partial charge in [0.2, 0.25) is 5.88 Å². The number of hydrogen-bond donors (Lipinski definition) is 3. The van der Waals surface area contributed by atoms with Crippen molar-refractivity contribution in [1.29, 1.82) is 0 Å². The lowest BCUT2D eigenvalue weighted by Gasteiger charge is -2.15. The summed E-state index contributed by atoms with van der Waals surface area (Å²) in [5.41, 5.74) is 6.08. The molecule has 3 N–H and O–H groups in total. The van der Waals surface area contributed by atoms with Crippen LogP contribution in [0, 0.1) is 0 Å². The Balaban J connectivity index is 1.62. The lowest BCUT2D eigenvalue weighted by Crippen LogP contribution is -2.19. The Morgan fingerprint density at radius 3 is 2.93 bits per heavy atom. The molecular formula is C19H26N6O3. The van der Waals surface area contributed by atoms with Crippen molar-refractivity contribution in [3.8, 4) is 5.88 Å². The molecule has 1 aliphatic carbocycles. The zero-order valence-electron chi connectivity index (χ0n) is 16.4. The Bertz CT molecular complexity index is 829. The number of nitrogens with one attached hydrogen (secondary N) is 3. The van der Waals surface area contributed by atoms with Crippen molar-refractivity contribution in [1.82, 2.24) is 25.6 Å². The number of pyridine rings is 1. The third-order valence-electron chi connectivity index (χ3n) is 4.27. The maximum Gasteiger partial charge on any atom is 0.276 e. The molecule has 2 aromatic rings. The number of nitrogens with zero attached hydrogens (tertiary/aromatic N) is 3. The molecule has 2 heterocycles. The first kappa shape index (κ1) is 19.8. The average molecular weight is 386 g/mol. The number of aryl methyl sites for hydroxylation is 1. The van der Waals surface area contributed by atoms with E-state index in [0.29, 0.717) is 23.9 Å². The summed E-state index contributed by atoms with van der Waals surface area (Å²) >= 11 is 0. The Kier molecular flexibility index (Phi) is 6.62. The van der Waals surface area contributed by atoms with Crippen LogP contribution in [0.2, 0.25) is 0 Å². The Labute approximate surface area is 164 Å². The number of hydrogen-bond acceptors (Lipinski definition) is 7. The molecule has 0 unspecified atom stereocenters. The molecule has 1 aliphatic rings. The summed E-state index contributed by atoms with van der Waals surface area (Å²) < 4.78 is 5.61. The Hall–Kier alpha value is -2.91. The molecule has 0 atom stereocenters. The van der Waals surface area contributed by atoms with Crippen molar-refractivity contribution in [3.05, 3.63) is 41.4 Å². The number of hydroxylamine groups is 1. The Morgan fingerprint density at radius 1 is 1.36 bits per heavy atom. The lowest BCUT2D eigenvalue weighted by atomic mass is 9.99. The van der Waals surface area contributed by atoms with Crippen LogP contribution in [0.5, 0.6) is 5.88 Å². The van der Waals surface area contributed by atoms with Gasteiger partial charge < -0.3 is 15.0 Å². The molecule has 0 saturated heterocycles. The van der Waals surface area contributed by atoms with Crippen LogP contribution in [0.3, 0.4) is 0 Å². The topological polar surface area (TPSA) is 104 Å². The van der Waals surface area contributed by atoms with E-state index >= 15 is 0 Å². The van der Waals surface area contributed by atoms with E-state index in [1.807, 2.05) is 20.2 Å². The summed E-state index contributed by atoms with van der Waals surface area (Å²) in [6.45, 7) is 1.55. The second kappa shape index (κ2) is 9.34. The van der Waals surface area contributed by atoms with Crippen LogP contribution >= 0.6 is 0 Å². The van der Waals surface area contributed by atoms with Gasteiger partial charge in [-0.15, -0.1) is 0 Å². The number of rotatable bonds is 9. The standard InChI is InChI=1S/C19H26N6O3/c1-25(2)10-5-11-28-16-9-8-13(12-20-16)21-19(26)18-17-14(22-23-18)6-4-7-15(17)24-27-3/h7-9,12,24H,4-6,10-11H2,1-3H3,(H,21,26)(H,22,23). The van der Waals surface area contributed by atoms with E-state index in [4.69, 9.17) is 9.57 Å². The highest BCUT2D eigenvalue weighted by Gasteiger charge is 2.24. The number of ether oxygens (including phenoxy) is 1. The number of aromatic amines is 1. The molecular weight excluding hydrogens is 360 g/mol. The van der Waals surface area contributed by atoms with Gasteiger partial charge in [0.1, 0.15) is 0 Å². The highest BCUT2D eigenvalue weighted by molar-refractivity contribution is 6.06. The molecule has 28 heavy (non-hydrogen) atoms. The van der Waals surface area contributed by atoms with Crippen LogP contribution in [0.25, 0.3) is 5.70 Å². The van der Waals surface area contributed by atoms with E-state index in [9.17, 15) is 4.79 Å². The third kappa shape index (κ3) is 4.87. The summed E-state index contributed by atoms with van der Waals surface area (Å²) in [5.74, 6) is 0.216. The van der Waals surface area contributed by atoms with Crippen molar-refractivity contribution in [3.63, 3.8) is 0 Å². The van der Waals surface area contributed by atoms with Crippen molar-refractivity contribution in [2.75, 3.05) is 39.7 Å². The molecule has 0 saturated carbocycles. The predicted octanol–water partition coefficient (Wildman–Crippen LogP) is 1.83. The second-order valence-corrected chi connectivity index (χ2v) is 6.73. The molecule has 1 amide bonds. The molecule has 2 aromatic heterocycles. The zero-order chi connectivity index (χ0) is 19.9. The van der Waals surface area contributed by atoms with Gasteiger partial charge in [0, 0.05) is 18.3 Å². The van der Waals surface area contributed by atoms with Gasteiger partial charge in [-0.1, -0.05) is 6.08 Å². The van der Waals surface area contributed by atoms with Crippen LogP contribution in [0.15, 0.2) is 24.4 Å². The number of allylic oxidation sites excluding steroid dienone is 1. The van der Waals surface area contributed by atoms with E-state index in [0.717, 1.165) is 42.8 Å². The van der Waals surface area contributed by atoms with Crippen molar-refractivity contribution in [2.45, 2.75) is 19.3 Å². The normalized spacial score (nSPS) is 13.1. The molecule has 0 fully saturated rings. The maximum atomic E-state index is 12.7. The monoisotopic (exact) mass is 386 g/mol. The fourth-order valence-corrected chi connectivity index (χ4v) is 2.97. The zero-order valence-corrected chi connectivity index (χ0v) is 16.4. The SMILES string of the molecule is CONC1=CCCc2[nH]nc(C(=O)Nc3ccc(OCCCN(C)C)nc3)c21. The van der Waals surface area contributed by atoms with Crippen molar-refractivity contribution < 1.29 is 14.4 Å². The van der Waals surface area contributed by atoms with Gasteiger partial charge in [-0.3, -0.25) is 20.2 Å². The summed E-state index contributed by atoms with van der Waals surface area (Å²) in [6, 6.07) is 3.50. The fourth-order valence-electron chi connectivity index (χ4n) is 2.97. The largest absolute Gasteiger partial charge is 0.478 e. The molecule has 3 rings (SSSR count). The van der Waals surface area contributed by atoms with Gasteiger partial charge in [0.25, 0.3) is 5.91 Å². The molecule has 150 valence electrons. The van der Waals surface area contributed by atoms with Crippen molar-refractivity contribution in [2.24, 2.45) is 0 Å². The first-order chi connectivity index (χ1) is 13.6. The number of H-pyrrole nitrogens is 1. The summed E-state index contributed by atoms with van der Waals surface area (Å²) in [4.78, 5) is 24.1. The van der Waals surface area contributed by atoms with Gasteiger partial charge >= 0.3 is 0 Å². The summed E-state index contributed by atoms with van der Waals surface area (Å²) in [5, 5.41) is 9.95. The first-order valence-corrected chi connectivity index (χ1v) is 9.20. The smallest absolute Gasteiger partial charge is 0.276 e. The van der Waals surface area contributed by atoms with Gasteiger partial charge in [-0.05, 0) is 39.4 Å². The van der Waals surface area contributed by atoms with Gasteiger partial charge in [0.05, 0.1) is 36.9 Å². The third-order valence-corrected chi connectivity index (χ3v) is 4.27. The average Bonchev–Trinajstić information content (AvgIpc) is 3.12. The summed E-state index contributed by atoms with van der Waals surface area (Å²) in [7, 11) is 5.58. The predicted molar refractivity (Wildman–Crippen MR) is 106 cm³/mol. The number of amides is 1. The minimum Gasteiger partial charge on any atom is -0.478 e. The number of aromatic nitrogens is 3. The van der Waals surface area contributed by atoms with Gasteiger partial charge in [-0.25, -0.2) is 4.98 Å². The molecule has 0 bridgehead atoms. The molecule has 9 nitrogen and oxygen atoms in total. The van der Waals surface area contributed by atoms with E-state index in [1.165, 1.54) is 7.11 Å². The van der Waals surface area contributed by atoms with E-state index in [2.05, 4.69) is 30.9 Å². The molecule has 0 spiro atoms. The number of carbonyl (C=O) groups is 1. The first-order valence-electron chi connectivity index (χ1n) is 9.20. The van der Waals surface area contributed by atoms with Crippen LogP contribution < -0.4 is 15.5 Å². The van der Waals surface area contributed by atoms with Crippen molar-refractivity contribution >= 4 is 17.3 Å². The van der Waals surface area contributed by atoms with Crippen LogP contribution in [-0.2, 0) is 11.3 Å². The molecule has 0 aliphatic heterocycles. The fraction of sp³-hybridized carbons (Fsp3) is 0.421. The van der Waals surface area contributed by atoms with Gasteiger partial charge in [0.15, 0.2) is 5.69 Å². The van der Waals surface area contributed by atoms with E-state index in [-0.39, 0.29) is 5.91 Å². The highest BCUT2D eigenvalue weighted by atomic mass is 16.6.